The Balaban J connectivity index is 2.01. The minimum Gasteiger partial charge on any atom is -0.383 e. The van der Waals surface area contributed by atoms with E-state index >= 15 is 0 Å². The second kappa shape index (κ2) is 4.32. The average Bonchev–Trinajstić information content (AvgIpc) is 2.72. The van der Waals surface area contributed by atoms with E-state index in [0.29, 0.717) is 0 Å². The van der Waals surface area contributed by atoms with Crippen molar-refractivity contribution < 1.29 is 9.50 Å². The van der Waals surface area contributed by atoms with Crippen LogP contribution in [0.25, 0.3) is 0 Å². The second-order valence-corrected chi connectivity index (χ2v) is 5.68. The van der Waals surface area contributed by atoms with Crippen molar-refractivity contribution in [2.75, 3.05) is 13.1 Å². The van der Waals surface area contributed by atoms with Crippen molar-refractivity contribution in [3.05, 3.63) is 35.1 Å². The van der Waals surface area contributed by atoms with Gasteiger partial charge in [-0.3, -0.25) is 4.90 Å². The van der Waals surface area contributed by atoms with Gasteiger partial charge in [-0.15, -0.1) is 0 Å². The fraction of sp³-hybridized carbons (Fsp3) is 0.600. The van der Waals surface area contributed by atoms with E-state index in [1.165, 1.54) is 18.6 Å². The first-order valence-electron chi connectivity index (χ1n) is 6.84. The maximum absolute atomic E-state index is 13.5. The summed E-state index contributed by atoms with van der Waals surface area (Å²) in [5.41, 5.74) is 0.926. The van der Waals surface area contributed by atoms with Crippen molar-refractivity contribution in [1.82, 2.24) is 4.90 Å². The van der Waals surface area contributed by atoms with E-state index in [9.17, 15) is 9.50 Å². The number of hydrogen-bond donors (Lipinski definition) is 1. The Kier molecular flexibility index (Phi) is 2.91. The maximum atomic E-state index is 13.5. The summed E-state index contributed by atoms with van der Waals surface area (Å²) in [6, 6.07) is 4.93. The van der Waals surface area contributed by atoms with Crippen LogP contribution in [-0.2, 0) is 5.60 Å². The fourth-order valence-corrected chi connectivity index (χ4v) is 3.65. The molecule has 98 valence electrons. The molecule has 0 amide bonds. The van der Waals surface area contributed by atoms with Crippen LogP contribution in [0.4, 0.5) is 4.39 Å². The minimum atomic E-state index is -0.855. The van der Waals surface area contributed by atoms with E-state index in [1.54, 1.807) is 6.07 Å². The van der Waals surface area contributed by atoms with E-state index in [4.69, 9.17) is 0 Å². The van der Waals surface area contributed by atoms with E-state index in [2.05, 4.69) is 4.90 Å². The molecule has 2 atom stereocenters. The Morgan fingerprint density at radius 3 is 3.00 bits per heavy atom. The number of rotatable bonds is 1. The van der Waals surface area contributed by atoms with Crippen molar-refractivity contribution in [1.29, 1.82) is 0 Å². The summed E-state index contributed by atoms with van der Waals surface area (Å²) < 4.78 is 13.5. The van der Waals surface area contributed by atoms with E-state index < -0.39 is 5.60 Å². The summed E-state index contributed by atoms with van der Waals surface area (Å²) in [6.45, 7) is 3.96. The van der Waals surface area contributed by atoms with Crippen LogP contribution in [0.3, 0.4) is 0 Å². The van der Waals surface area contributed by atoms with E-state index in [0.717, 1.165) is 43.5 Å². The van der Waals surface area contributed by atoms with Gasteiger partial charge in [-0.05, 0) is 56.0 Å². The Labute approximate surface area is 107 Å². The first-order chi connectivity index (χ1) is 8.61. The fourth-order valence-electron chi connectivity index (χ4n) is 3.65. The summed E-state index contributed by atoms with van der Waals surface area (Å²) in [4.78, 5) is 2.37. The van der Waals surface area contributed by atoms with Crippen LogP contribution in [0.15, 0.2) is 18.2 Å². The summed E-state index contributed by atoms with van der Waals surface area (Å²) in [6.07, 6.45) is 4.13. The Morgan fingerprint density at radius 2 is 2.17 bits per heavy atom. The van der Waals surface area contributed by atoms with Gasteiger partial charge >= 0.3 is 0 Å². The molecule has 2 heterocycles. The molecule has 3 rings (SSSR count). The van der Waals surface area contributed by atoms with Crippen LogP contribution >= 0.6 is 0 Å². The Morgan fingerprint density at radius 1 is 1.33 bits per heavy atom. The average molecular weight is 249 g/mol. The molecule has 0 spiro atoms. The molecule has 0 radical (unpaired) electrons. The van der Waals surface area contributed by atoms with Crippen molar-refractivity contribution in [3.8, 4) is 0 Å². The molecule has 1 aromatic carbocycles. The largest absolute Gasteiger partial charge is 0.383 e. The van der Waals surface area contributed by atoms with Gasteiger partial charge in [0.2, 0.25) is 0 Å². The molecule has 2 saturated heterocycles. The third kappa shape index (κ3) is 1.77. The Bertz CT molecular complexity index is 462. The summed E-state index contributed by atoms with van der Waals surface area (Å²) in [5, 5.41) is 11.1. The second-order valence-electron chi connectivity index (χ2n) is 5.68. The molecule has 3 heteroatoms. The quantitative estimate of drug-likeness (QED) is 0.827. The number of halogens is 1. The highest BCUT2D eigenvalue weighted by Crippen LogP contribution is 2.43. The van der Waals surface area contributed by atoms with Crippen LogP contribution in [-0.4, -0.2) is 29.1 Å². The molecule has 2 fully saturated rings. The molecule has 18 heavy (non-hydrogen) atoms. The van der Waals surface area contributed by atoms with E-state index in [-0.39, 0.29) is 11.9 Å². The SMILES string of the molecule is Cc1ccc(F)cc1C1(O)CCN2CCCCC21. The monoisotopic (exact) mass is 249 g/mol. The van der Waals surface area contributed by atoms with Crippen LogP contribution in [0, 0.1) is 12.7 Å². The zero-order valence-corrected chi connectivity index (χ0v) is 10.8. The van der Waals surface area contributed by atoms with Gasteiger partial charge in [-0.2, -0.15) is 0 Å². The molecule has 0 aliphatic carbocycles. The topological polar surface area (TPSA) is 23.5 Å². The lowest BCUT2D eigenvalue weighted by atomic mass is 9.81. The minimum absolute atomic E-state index is 0.173. The van der Waals surface area contributed by atoms with Gasteiger partial charge in [-0.25, -0.2) is 4.39 Å². The lowest BCUT2D eigenvalue weighted by molar-refractivity contribution is -0.0144. The summed E-state index contributed by atoms with van der Waals surface area (Å²) in [5.74, 6) is -0.252. The molecule has 2 aliphatic heterocycles. The Hall–Kier alpha value is -0.930. The summed E-state index contributed by atoms with van der Waals surface area (Å²) in [7, 11) is 0. The first-order valence-corrected chi connectivity index (χ1v) is 6.84. The number of piperidine rings is 1. The van der Waals surface area contributed by atoms with Crippen LogP contribution < -0.4 is 0 Å². The van der Waals surface area contributed by atoms with Crippen LogP contribution in [0.2, 0.25) is 0 Å². The molecule has 1 N–H and O–H groups in total. The highest BCUT2D eigenvalue weighted by molar-refractivity contribution is 5.34. The normalized spacial score (nSPS) is 32.5. The lowest BCUT2D eigenvalue weighted by Crippen LogP contribution is -2.45. The number of hydrogen-bond acceptors (Lipinski definition) is 2. The molecule has 0 saturated carbocycles. The highest BCUT2D eigenvalue weighted by Gasteiger charge is 2.48. The van der Waals surface area contributed by atoms with Crippen molar-refractivity contribution >= 4 is 0 Å². The van der Waals surface area contributed by atoms with Gasteiger partial charge in [0.15, 0.2) is 0 Å². The number of benzene rings is 1. The number of aryl methyl sites for hydroxylation is 1. The number of fused-ring (bicyclic) bond motifs is 1. The van der Waals surface area contributed by atoms with Gasteiger partial charge in [-0.1, -0.05) is 12.5 Å². The maximum Gasteiger partial charge on any atom is 0.123 e. The summed E-state index contributed by atoms with van der Waals surface area (Å²) >= 11 is 0. The lowest BCUT2D eigenvalue weighted by Gasteiger charge is -2.38. The molecule has 2 aliphatic rings. The number of aliphatic hydroxyl groups is 1. The molecular weight excluding hydrogens is 229 g/mol. The van der Waals surface area contributed by atoms with Gasteiger partial charge in [0.05, 0.1) is 0 Å². The molecule has 0 bridgehead atoms. The van der Waals surface area contributed by atoms with Crippen LogP contribution in [0.5, 0.6) is 0 Å². The third-order valence-corrected chi connectivity index (χ3v) is 4.61. The zero-order chi connectivity index (χ0) is 12.8. The van der Waals surface area contributed by atoms with Gasteiger partial charge < -0.3 is 5.11 Å². The third-order valence-electron chi connectivity index (χ3n) is 4.61. The van der Waals surface area contributed by atoms with Gasteiger partial charge in [0.25, 0.3) is 0 Å². The molecule has 1 aromatic rings. The highest BCUT2D eigenvalue weighted by atomic mass is 19.1. The smallest absolute Gasteiger partial charge is 0.123 e. The van der Waals surface area contributed by atoms with Crippen molar-refractivity contribution in [2.45, 2.75) is 44.2 Å². The molecule has 2 nitrogen and oxygen atoms in total. The van der Waals surface area contributed by atoms with Crippen LogP contribution in [0.1, 0.15) is 36.8 Å². The van der Waals surface area contributed by atoms with Crippen molar-refractivity contribution in [3.63, 3.8) is 0 Å². The van der Waals surface area contributed by atoms with E-state index in [1.807, 2.05) is 6.92 Å². The molecule has 0 aromatic heterocycles. The predicted octanol–water partition coefficient (Wildman–Crippen LogP) is 2.58. The zero-order valence-electron chi connectivity index (χ0n) is 10.8. The standard InChI is InChI=1S/C15H20FNO/c1-11-5-6-12(16)10-13(11)15(18)7-9-17-8-3-2-4-14(15)17/h5-6,10,14,18H,2-4,7-9H2,1H3. The van der Waals surface area contributed by atoms with Crippen molar-refractivity contribution in [2.24, 2.45) is 0 Å². The molecule has 2 unspecified atom stereocenters. The van der Waals surface area contributed by atoms with Gasteiger partial charge in [0.1, 0.15) is 11.4 Å². The number of nitrogens with zero attached hydrogens (tertiary/aromatic N) is 1. The first kappa shape index (κ1) is 12.1. The predicted molar refractivity (Wildman–Crippen MR) is 68.9 cm³/mol. The van der Waals surface area contributed by atoms with Gasteiger partial charge in [0, 0.05) is 12.6 Å². The molecular formula is C15H20FNO.